The Morgan fingerprint density at radius 1 is 1.30 bits per heavy atom. The second kappa shape index (κ2) is 9.31. The molecule has 27 heavy (non-hydrogen) atoms. The van der Waals surface area contributed by atoms with Crippen LogP contribution in [-0.4, -0.2) is 41.4 Å². The first-order valence-corrected chi connectivity index (χ1v) is 8.32. The fraction of sp³-hybridized carbons (Fsp3) is 0.353. The second-order valence-electron chi connectivity index (χ2n) is 5.57. The lowest BCUT2D eigenvalue weighted by Crippen LogP contribution is -2.30. The molecule has 0 saturated carbocycles. The Morgan fingerprint density at radius 2 is 1.96 bits per heavy atom. The average molecular weight is 402 g/mol. The third kappa shape index (κ3) is 5.92. The molecule has 7 nitrogen and oxygen atoms in total. The van der Waals surface area contributed by atoms with E-state index in [0.29, 0.717) is 12.1 Å². The Labute approximate surface area is 159 Å². The van der Waals surface area contributed by atoms with Crippen LogP contribution in [0.5, 0.6) is 5.75 Å². The maximum atomic E-state index is 12.1. The zero-order valence-corrected chi connectivity index (χ0v) is 15.4. The van der Waals surface area contributed by atoms with Crippen molar-refractivity contribution in [3.05, 3.63) is 46.2 Å². The summed E-state index contributed by atoms with van der Waals surface area (Å²) in [7, 11) is 1.59. The van der Waals surface area contributed by atoms with Crippen LogP contribution in [0.1, 0.15) is 21.6 Å². The maximum Gasteiger partial charge on any atom is 0.387 e. The van der Waals surface area contributed by atoms with E-state index in [2.05, 4.69) is 15.2 Å². The highest BCUT2D eigenvalue weighted by molar-refractivity contribution is 6.32. The van der Waals surface area contributed by atoms with Crippen LogP contribution >= 0.6 is 11.6 Å². The van der Waals surface area contributed by atoms with Crippen molar-refractivity contribution in [1.82, 2.24) is 15.1 Å². The van der Waals surface area contributed by atoms with Crippen LogP contribution in [-0.2, 0) is 23.0 Å². The summed E-state index contributed by atoms with van der Waals surface area (Å²) in [6.45, 7) is -1.42. The van der Waals surface area contributed by atoms with Crippen molar-refractivity contribution in [2.24, 2.45) is 7.05 Å². The molecule has 1 N–H and O–H groups in total. The van der Waals surface area contributed by atoms with Gasteiger partial charge in [0.05, 0.1) is 5.69 Å². The molecule has 1 amide bonds. The molecule has 0 bridgehead atoms. The number of benzene rings is 1. The SMILES string of the molecule is Cc1nn(C)c(Cl)c1C(=O)OCC(=O)NCCc1ccc(OC(F)F)cc1. The number of rotatable bonds is 8. The van der Waals surface area contributed by atoms with Gasteiger partial charge in [0, 0.05) is 13.6 Å². The molecule has 0 fully saturated rings. The molecule has 1 heterocycles. The lowest BCUT2D eigenvalue weighted by Gasteiger charge is -2.08. The Hall–Kier alpha value is -2.68. The number of hydrogen-bond acceptors (Lipinski definition) is 5. The number of carbonyl (C=O) groups is 2. The fourth-order valence-electron chi connectivity index (χ4n) is 2.30. The molecule has 2 rings (SSSR count). The van der Waals surface area contributed by atoms with Crippen molar-refractivity contribution < 1.29 is 27.8 Å². The zero-order chi connectivity index (χ0) is 20.0. The van der Waals surface area contributed by atoms with Gasteiger partial charge in [-0.15, -0.1) is 0 Å². The number of nitrogens with one attached hydrogen (secondary N) is 1. The van der Waals surface area contributed by atoms with E-state index in [4.69, 9.17) is 16.3 Å². The highest BCUT2D eigenvalue weighted by atomic mass is 35.5. The van der Waals surface area contributed by atoms with E-state index in [0.717, 1.165) is 5.56 Å². The van der Waals surface area contributed by atoms with Crippen molar-refractivity contribution in [2.45, 2.75) is 20.0 Å². The summed E-state index contributed by atoms with van der Waals surface area (Å²) in [6.07, 6.45) is 0.474. The third-order valence-corrected chi connectivity index (χ3v) is 4.01. The molecule has 0 saturated heterocycles. The minimum Gasteiger partial charge on any atom is -0.452 e. The van der Waals surface area contributed by atoms with Crippen molar-refractivity contribution in [2.75, 3.05) is 13.2 Å². The van der Waals surface area contributed by atoms with Crippen LogP contribution in [0, 0.1) is 6.92 Å². The van der Waals surface area contributed by atoms with E-state index in [1.807, 2.05) is 0 Å². The number of aromatic nitrogens is 2. The van der Waals surface area contributed by atoms with E-state index in [1.54, 1.807) is 26.1 Å². The lowest BCUT2D eigenvalue weighted by molar-refractivity contribution is -0.124. The molecule has 0 aliphatic rings. The van der Waals surface area contributed by atoms with E-state index < -0.39 is 25.1 Å². The summed E-state index contributed by atoms with van der Waals surface area (Å²) in [6, 6.07) is 6.09. The predicted molar refractivity (Wildman–Crippen MR) is 93.0 cm³/mol. The van der Waals surface area contributed by atoms with Gasteiger partial charge in [0.15, 0.2) is 6.61 Å². The van der Waals surface area contributed by atoms with Gasteiger partial charge >= 0.3 is 12.6 Å². The number of carbonyl (C=O) groups excluding carboxylic acids is 2. The summed E-state index contributed by atoms with van der Waals surface area (Å²) < 4.78 is 34.7. The predicted octanol–water partition coefficient (Wildman–Crippen LogP) is 2.50. The summed E-state index contributed by atoms with van der Waals surface area (Å²) >= 11 is 5.96. The molecule has 146 valence electrons. The van der Waals surface area contributed by atoms with Crippen LogP contribution in [0.15, 0.2) is 24.3 Å². The Morgan fingerprint density at radius 3 is 2.52 bits per heavy atom. The highest BCUT2D eigenvalue weighted by Gasteiger charge is 2.21. The highest BCUT2D eigenvalue weighted by Crippen LogP contribution is 2.19. The Balaban J connectivity index is 1.74. The number of amides is 1. The molecule has 0 radical (unpaired) electrons. The third-order valence-electron chi connectivity index (χ3n) is 3.58. The summed E-state index contributed by atoms with van der Waals surface area (Å²) in [4.78, 5) is 23.8. The van der Waals surface area contributed by atoms with E-state index >= 15 is 0 Å². The molecular weight excluding hydrogens is 384 g/mol. The van der Waals surface area contributed by atoms with Crippen LogP contribution in [0.2, 0.25) is 5.15 Å². The van der Waals surface area contributed by atoms with E-state index in [1.165, 1.54) is 16.8 Å². The number of ether oxygens (including phenoxy) is 2. The van der Waals surface area contributed by atoms with Gasteiger partial charge in [-0.3, -0.25) is 9.48 Å². The van der Waals surface area contributed by atoms with E-state index in [-0.39, 0.29) is 23.0 Å². The minimum atomic E-state index is -2.87. The number of aryl methyl sites for hydroxylation is 2. The van der Waals surface area contributed by atoms with Gasteiger partial charge < -0.3 is 14.8 Å². The fourth-order valence-corrected chi connectivity index (χ4v) is 2.55. The normalized spacial score (nSPS) is 10.7. The molecule has 0 spiro atoms. The largest absolute Gasteiger partial charge is 0.452 e. The quantitative estimate of drug-likeness (QED) is 0.687. The monoisotopic (exact) mass is 401 g/mol. The summed E-state index contributed by atoms with van der Waals surface area (Å²) in [5.74, 6) is -1.14. The average Bonchev–Trinajstić information content (AvgIpc) is 2.86. The lowest BCUT2D eigenvalue weighted by atomic mass is 10.1. The van der Waals surface area contributed by atoms with Gasteiger partial charge in [0.1, 0.15) is 16.5 Å². The van der Waals surface area contributed by atoms with Gasteiger partial charge in [-0.2, -0.15) is 13.9 Å². The van der Waals surface area contributed by atoms with Gasteiger partial charge in [-0.1, -0.05) is 23.7 Å². The first kappa shape index (κ1) is 20.6. The topological polar surface area (TPSA) is 82.5 Å². The maximum absolute atomic E-state index is 12.1. The van der Waals surface area contributed by atoms with Crippen LogP contribution in [0.25, 0.3) is 0 Å². The van der Waals surface area contributed by atoms with Crippen LogP contribution < -0.4 is 10.1 Å². The van der Waals surface area contributed by atoms with Crippen LogP contribution in [0.3, 0.4) is 0 Å². The van der Waals surface area contributed by atoms with Crippen molar-refractivity contribution in [1.29, 1.82) is 0 Å². The Bertz CT molecular complexity index is 809. The van der Waals surface area contributed by atoms with Crippen molar-refractivity contribution in [3.8, 4) is 5.75 Å². The number of halogens is 3. The molecule has 10 heteroatoms. The first-order chi connectivity index (χ1) is 12.8. The molecule has 1 aromatic carbocycles. The summed E-state index contributed by atoms with van der Waals surface area (Å²) in [5.41, 5.74) is 1.36. The minimum absolute atomic E-state index is 0.0639. The van der Waals surface area contributed by atoms with Gasteiger partial charge in [0.25, 0.3) is 5.91 Å². The molecule has 0 atom stereocenters. The Kier molecular flexibility index (Phi) is 7.12. The van der Waals surface area contributed by atoms with Gasteiger partial charge in [-0.25, -0.2) is 4.79 Å². The van der Waals surface area contributed by atoms with Gasteiger partial charge in [-0.05, 0) is 31.0 Å². The number of hydrogen-bond donors (Lipinski definition) is 1. The first-order valence-electron chi connectivity index (χ1n) is 7.94. The second-order valence-corrected chi connectivity index (χ2v) is 5.93. The molecule has 2 aromatic rings. The summed E-state index contributed by atoms with van der Waals surface area (Å²) in [5, 5.41) is 6.73. The van der Waals surface area contributed by atoms with E-state index in [9.17, 15) is 18.4 Å². The number of esters is 1. The molecule has 0 unspecified atom stereocenters. The number of alkyl halides is 2. The zero-order valence-electron chi connectivity index (χ0n) is 14.7. The van der Waals surface area contributed by atoms with Crippen molar-refractivity contribution in [3.63, 3.8) is 0 Å². The smallest absolute Gasteiger partial charge is 0.387 e. The van der Waals surface area contributed by atoms with Crippen molar-refractivity contribution >= 4 is 23.5 Å². The molecule has 0 aliphatic heterocycles. The molecular formula is C17H18ClF2N3O4. The number of nitrogens with zero attached hydrogens (tertiary/aromatic N) is 2. The van der Waals surface area contributed by atoms with Crippen LogP contribution in [0.4, 0.5) is 8.78 Å². The van der Waals surface area contributed by atoms with Gasteiger partial charge in [0.2, 0.25) is 0 Å². The molecule has 1 aromatic heterocycles. The standard InChI is InChI=1S/C17H18ClF2N3O4/c1-10-14(15(18)23(2)22-10)16(25)26-9-13(24)21-8-7-11-3-5-12(6-4-11)27-17(19)20/h3-6,17H,7-9H2,1-2H3,(H,21,24). The molecule has 0 aliphatic carbocycles.